The Labute approximate surface area is 118 Å². The molecular formula is C11H20ClN5O2. The molecule has 108 valence electrons. The zero-order chi connectivity index (χ0) is 14.3. The van der Waals surface area contributed by atoms with Crippen LogP contribution in [0.4, 0.5) is 11.9 Å². The quantitative estimate of drug-likeness (QED) is 0.679. The van der Waals surface area contributed by atoms with Gasteiger partial charge in [0.25, 0.3) is 11.9 Å². The lowest BCUT2D eigenvalue weighted by molar-refractivity contribution is 0.155. The first-order valence-electron chi connectivity index (χ1n) is 6.21. The molecule has 0 saturated carbocycles. The van der Waals surface area contributed by atoms with E-state index in [9.17, 15) is 0 Å². The van der Waals surface area contributed by atoms with Gasteiger partial charge in [-0.25, -0.2) is 10.1 Å². The van der Waals surface area contributed by atoms with Crippen molar-refractivity contribution in [2.45, 2.75) is 26.7 Å². The van der Waals surface area contributed by atoms with Crippen molar-refractivity contribution in [1.82, 2.24) is 15.0 Å². The van der Waals surface area contributed by atoms with Gasteiger partial charge in [-0.1, -0.05) is 13.8 Å². The van der Waals surface area contributed by atoms with Crippen molar-refractivity contribution in [2.24, 2.45) is 0 Å². The number of anilines is 2. The minimum absolute atomic E-state index is 0.108. The standard InChI is InChI=1S/C11H20ClN5O2/c1-5-7-16(18-3)10-13-9(12)14-11(15-10)17(19-4)8-6-2/h5-8H2,1-4H3. The highest BCUT2D eigenvalue weighted by Gasteiger charge is 2.16. The molecule has 0 amide bonds. The second-order valence-corrected chi connectivity index (χ2v) is 4.11. The molecule has 0 aromatic carbocycles. The summed E-state index contributed by atoms with van der Waals surface area (Å²) in [6, 6.07) is 0. The predicted octanol–water partition coefficient (Wildman–Crippen LogP) is 2.08. The van der Waals surface area contributed by atoms with Gasteiger partial charge in [-0.2, -0.15) is 15.0 Å². The molecule has 1 aromatic rings. The zero-order valence-corrected chi connectivity index (χ0v) is 12.5. The lowest BCUT2D eigenvalue weighted by Crippen LogP contribution is -2.28. The summed E-state index contributed by atoms with van der Waals surface area (Å²) < 4.78 is 0. The van der Waals surface area contributed by atoms with Gasteiger partial charge in [0.05, 0.1) is 14.2 Å². The van der Waals surface area contributed by atoms with Gasteiger partial charge in [0, 0.05) is 13.1 Å². The molecule has 0 spiro atoms. The van der Waals surface area contributed by atoms with Crippen LogP contribution in [0.5, 0.6) is 0 Å². The molecule has 0 atom stereocenters. The van der Waals surface area contributed by atoms with Gasteiger partial charge in [-0.15, -0.1) is 0 Å². The molecule has 1 aromatic heterocycles. The average Bonchev–Trinajstić information content (AvgIpc) is 2.41. The molecule has 0 fully saturated rings. The van der Waals surface area contributed by atoms with Gasteiger partial charge in [0.2, 0.25) is 5.28 Å². The van der Waals surface area contributed by atoms with Crippen molar-refractivity contribution < 1.29 is 9.68 Å². The summed E-state index contributed by atoms with van der Waals surface area (Å²) in [5, 5.41) is 3.24. The Kier molecular flexibility index (Phi) is 6.75. The molecule has 0 radical (unpaired) electrons. The van der Waals surface area contributed by atoms with Crippen LogP contribution in [0.1, 0.15) is 26.7 Å². The van der Waals surface area contributed by atoms with E-state index >= 15 is 0 Å². The smallest absolute Gasteiger partial charge is 0.255 e. The molecule has 0 aliphatic heterocycles. The molecule has 8 heteroatoms. The average molecular weight is 290 g/mol. The molecule has 19 heavy (non-hydrogen) atoms. The Bertz CT molecular complexity index is 361. The molecule has 0 aliphatic carbocycles. The van der Waals surface area contributed by atoms with Crippen LogP contribution in [0.3, 0.4) is 0 Å². The van der Waals surface area contributed by atoms with E-state index in [2.05, 4.69) is 15.0 Å². The Balaban J connectivity index is 3.04. The van der Waals surface area contributed by atoms with E-state index in [-0.39, 0.29) is 5.28 Å². The van der Waals surface area contributed by atoms with E-state index in [1.165, 1.54) is 0 Å². The molecule has 1 rings (SSSR count). The zero-order valence-electron chi connectivity index (χ0n) is 11.8. The van der Waals surface area contributed by atoms with Crippen LogP contribution < -0.4 is 10.1 Å². The maximum atomic E-state index is 5.93. The van der Waals surface area contributed by atoms with Crippen LogP contribution in [0.25, 0.3) is 0 Å². The summed E-state index contributed by atoms with van der Waals surface area (Å²) in [7, 11) is 3.13. The highest BCUT2D eigenvalue weighted by molar-refractivity contribution is 6.28. The Morgan fingerprint density at radius 2 is 1.32 bits per heavy atom. The number of hydroxylamine groups is 2. The summed E-state index contributed by atoms with van der Waals surface area (Å²) in [4.78, 5) is 22.9. The fourth-order valence-electron chi connectivity index (χ4n) is 1.50. The van der Waals surface area contributed by atoms with Gasteiger partial charge in [0.15, 0.2) is 0 Å². The molecule has 0 bridgehead atoms. The Hall–Kier alpha value is -1.18. The minimum atomic E-state index is 0.108. The van der Waals surface area contributed by atoms with Crippen LogP contribution in [0.15, 0.2) is 0 Å². The van der Waals surface area contributed by atoms with Crippen LogP contribution in [0.2, 0.25) is 5.28 Å². The van der Waals surface area contributed by atoms with E-state index in [0.29, 0.717) is 25.0 Å². The van der Waals surface area contributed by atoms with Gasteiger partial charge in [0.1, 0.15) is 0 Å². The van der Waals surface area contributed by atoms with Crippen LogP contribution in [0, 0.1) is 0 Å². The van der Waals surface area contributed by atoms with E-state index in [1.807, 2.05) is 13.8 Å². The molecule has 7 nitrogen and oxygen atoms in total. The number of halogens is 1. The van der Waals surface area contributed by atoms with E-state index in [4.69, 9.17) is 21.3 Å². The normalized spacial score (nSPS) is 10.6. The number of nitrogens with zero attached hydrogens (tertiary/aromatic N) is 5. The lowest BCUT2D eigenvalue weighted by atomic mass is 10.5. The van der Waals surface area contributed by atoms with E-state index in [1.54, 1.807) is 24.3 Å². The summed E-state index contributed by atoms with van der Waals surface area (Å²) in [6.45, 7) is 5.40. The predicted molar refractivity (Wildman–Crippen MR) is 74.1 cm³/mol. The van der Waals surface area contributed by atoms with Gasteiger partial charge in [-0.05, 0) is 24.4 Å². The number of aromatic nitrogens is 3. The fraction of sp³-hybridized carbons (Fsp3) is 0.727. The first-order chi connectivity index (χ1) is 9.15. The van der Waals surface area contributed by atoms with Crippen molar-refractivity contribution in [3.8, 4) is 0 Å². The van der Waals surface area contributed by atoms with E-state index in [0.717, 1.165) is 12.8 Å². The summed E-state index contributed by atoms with van der Waals surface area (Å²) >= 11 is 5.93. The highest BCUT2D eigenvalue weighted by Crippen LogP contribution is 2.17. The summed E-state index contributed by atoms with van der Waals surface area (Å²) in [6.07, 6.45) is 1.80. The SMILES string of the molecule is CCCN(OC)c1nc(Cl)nc(N(CCC)OC)n1. The Morgan fingerprint density at radius 3 is 1.63 bits per heavy atom. The maximum absolute atomic E-state index is 5.93. The highest BCUT2D eigenvalue weighted by atomic mass is 35.5. The van der Waals surface area contributed by atoms with Gasteiger partial charge < -0.3 is 0 Å². The van der Waals surface area contributed by atoms with Crippen molar-refractivity contribution in [1.29, 1.82) is 0 Å². The van der Waals surface area contributed by atoms with Crippen molar-refractivity contribution in [3.05, 3.63) is 5.28 Å². The monoisotopic (exact) mass is 289 g/mol. The largest absolute Gasteiger partial charge is 0.274 e. The third kappa shape index (κ3) is 4.45. The van der Waals surface area contributed by atoms with Gasteiger partial charge in [-0.3, -0.25) is 9.68 Å². The second-order valence-electron chi connectivity index (χ2n) is 3.77. The third-order valence-electron chi connectivity index (χ3n) is 2.32. The van der Waals surface area contributed by atoms with Crippen molar-refractivity contribution in [2.75, 3.05) is 37.4 Å². The number of hydrogen-bond donors (Lipinski definition) is 0. The first kappa shape index (κ1) is 15.9. The number of rotatable bonds is 8. The minimum Gasteiger partial charge on any atom is -0.274 e. The molecular weight excluding hydrogens is 270 g/mol. The van der Waals surface area contributed by atoms with E-state index < -0.39 is 0 Å². The van der Waals surface area contributed by atoms with Crippen molar-refractivity contribution >= 4 is 23.5 Å². The maximum Gasteiger partial charge on any atom is 0.255 e. The van der Waals surface area contributed by atoms with Crippen LogP contribution in [-0.4, -0.2) is 42.3 Å². The van der Waals surface area contributed by atoms with Crippen LogP contribution in [-0.2, 0) is 9.68 Å². The summed E-state index contributed by atoms with van der Waals surface area (Å²) in [5.74, 6) is 0.745. The molecule has 1 heterocycles. The van der Waals surface area contributed by atoms with Crippen LogP contribution >= 0.6 is 11.6 Å². The topological polar surface area (TPSA) is 63.6 Å². The number of hydrogen-bond acceptors (Lipinski definition) is 7. The molecule has 0 aliphatic rings. The van der Waals surface area contributed by atoms with Gasteiger partial charge >= 0.3 is 0 Å². The summed E-state index contributed by atoms with van der Waals surface area (Å²) in [5.41, 5.74) is 0. The molecule has 0 N–H and O–H groups in total. The molecule has 0 saturated heterocycles. The molecule has 0 unspecified atom stereocenters. The first-order valence-corrected chi connectivity index (χ1v) is 6.58. The Morgan fingerprint density at radius 1 is 0.895 bits per heavy atom. The third-order valence-corrected chi connectivity index (χ3v) is 2.49. The fourth-order valence-corrected chi connectivity index (χ4v) is 1.66. The lowest BCUT2D eigenvalue weighted by Gasteiger charge is -2.22. The second kappa shape index (κ2) is 8.08. The van der Waals surface area contributed by atoms with Crippen molar-refractivity contribution in [3.63, 3.8) is 0 Å².